The number of imide groups is 1. The van der Waals surface area contributed by atoms with E-state index in [4.69, 9.17) is 0 Å². The molecule has 0 saturated carbocycles. The Bertz CT molecular complexity index is 906. The normalized spacial score (nSPS) is 16.0. The fourth-order valence-electron chi connectivity index (χ4n) is 3.07. The number of nitrogens with zero attached hydrogens (tertiary/aromatic N) is 4. The monoisotopic (exact) mass is 378 g/mol. The van der Waals surface area contributed by atoms with E-state index >= 15 is 0 Å². The average Bonchev–Trinajstić information content (AvgIpc) is 3.02. The fraction of sp³-hybridized carbons (Fsp3) is 0.471. The van der Waals surface area contributed by atoms with E-state index in [1.807, 2.05) is 28.8 Å². The van der Waals surface area contributed by atoms with Gasteiger partial charge in [0.1, 0.15) is 5.65 Å². The third-order valence-corrected chi connectivity index (χ3v) is 6.41. The van der Waals surface area contributed by atoms with Crippen LogP contribution in [0.4, 0.5) is 0 Å². The molecule has 1 saturated heterocycles. The van der Waals surface area contributed by atoms with Crippen LogP contribution >= 0.6 is 0 Å². The van der Waals surface area contributed by atoms with E-state index in [1.54, 1.807) is 13.1 Å². The van der Waals surface area contributed by atoms with Crippen molar-refractivity contribution in [2.75, 3.05) is 18.8 Å². The van der Waals surface area contributed by atoms with Crippen LogP contribution < -0.4 is 0 Å². The maximum Gasteiger partial charge on any atom is 0.229 e. The number of piperidine rings is 1. The predicted molar refractivity (Wildman–Crippen MR) is 95.6 cm³/mol. The van der Waals surface area contributed by atoms with Gasteiger partial charge in [-0.25, -0.2) is 13.4 Å². The maximum atomic E-state index is 12.7. The molecule has 2 aromatic rings. The zero-order valence-electron chi connectivity index (χ0n) is 14.7. The number of hydrogen-bond acceptors (Lipinski definition) is 5. The van der Waals surface area contributed by atoms with E-state index < -0.39 is 10.0 Å². The van der Waals surface area contributed by atoms with Crippen LogP contribution in [0.2, 0.25) is 0 Å². The van der Waals surface area contributed by atoms with Crippen molar-refractivity contribution >= 4 is 27.5 Å². The zero-order chi connectivity index (χ0) is 18.7. The minimum absolute atomic E-state index is 0.0936. The van der Waals surface area contributed by atoms with Crippen molar-refractivity contribution in [3.05, 3.63) is 36.3 Å². The second-order valence-corrected chi connectivity index (χ2v) is 8.30. The lowest BCUT2D eigenvalue weighted by Gasteiger charge is -2.26. The number of pyridine rings is 1. The van der Waals surface area contributed by atoms with Crippen LogP contribution in [-0.2, 0) is 26.2 Å². The molecule has 8 nitrogen and oxygen atoms in total. The van der Waals surface area contributed by atoms with Crippen LogP contribution in [0.1, 0.15) is 31.9 Å². The van der Waals surface area contributed by atoms with Crippen molar-refractivity contribution in [2.45, 2.75) is 32.7 Å². The number of fused-ring (bicyclic) bond motifs is 1. The van der Waals surface area contributed by atoms with Crippen molar-refractivity contribution in [1.82, 2.24) is 18.6 Å². The summed E-state index contributed by atoms with van der Waals surface area (Å²) >= 11 is 0. The minimum atomic E-state index is -3.62. The Morgan fingerprint density at radius 2 is 1.92 bits per heavy atom. The number of likely N-dealkylation sites (tertiary alicyclic amines) is 1. The number of sulfonamides is 1. The van der Waals surface area contributed by atoms with E-state index in [0.717, 1.165) is 16.2 Å². The van der Waals surface area contributed by atoms with E-state index in [-0.39, 0.29) is 30.7 Å². The first-order valence-electron chi connectivity index (χ1n) is 8.64. The second-order valence-electron chi connectivity index (χ2n) is 6.21. The first-order valence-corrected chi connectivity index (χ1v) is 10.3. The van der Waals surface area contributed by atoms with Gasteiger partial charge in [0, 0.05) is 32.1 Å². The van der Waals surface area contributed by atoms with Crippen LogP contribution in [-0.4, -0.2) is 57.7 Å². The highest BCUT2D eigenvalue weighted by Crippen LogP contribution is 2.15. The predicted octanol–water partition coefficient (Wildman–Crippen LogP) is 1.03. The van der Waals surface area contributed by atoms with Crippen molar-refractivity contribution in [2.24, 2.45) is 0 Å². The Kier molecular flexibility index (Phi) is 5.38. The van der Waals surface area contributed by atoms with Gasteiger partial charge in [-0.2, -0.15) is 4.31 Å². The Labute approximate surface area is 152 Å². The molecule has 0 atom stereocenters. The van der Waals surface area contributed by atoms with Gasteiger partial charge < -0.3 is 4.40 Å². The molecule has 1 fully saturated rings. The molecule has 0 spiro atoms. The number of rotatable bonds is 7. The number of imidazole rings is 1. The highest BCUT2D eigenvalue weighted by atomic mass is 32.2. The highest BCUT2D eigenvalue weighted by Gasteiger charge is 2.29. The van der Waals surface area contributed by atoms with Crippen molar-refractivity contribution in [3.63, 3.8) is 0 Å². The van der Waals surface area contributed by atoms with Crippen molar-refractivity contribution in [3.8, 4) is 0 Å². The molecular formula is C17H22N4O4S. The number of carbonyl (C=O) groups excluding carboxylic acids is 2. The van der Waals surface area contributed by atoms with E-state index in [0.29, 0.717) is 25.8 Å². The molecule has 26 heavy (non-hydrogen) atoms. The summed E-state index contributed by atoms with van der Waals surface area (Å²) in [6.45, 7) is 2.15. The SMILES string of the molecule is CCN(Cc1cnc2ccccn12)S(=O)(=O)CCN1C(=O)CCCC1=O. The van der Waals surface area contributed by atoms with Gasteiger partial charge >= 0.3 is 0 Å². The van der Waals surface area contributed by atoms with Gasteiger partial charge in [0.05, 0.1) is 24.2 Å². The number of carbonyl (C=O) groups is 2. The van der Waals surface area contributed by atoms with Gasteiger partial charge in [-0.15, -0.1) is 0 Å². The van der Waals surface area contributed by atoms with Crippen LogP contribution in [0.3, 0.4) is 0 Å². The molecule has 2 aromatic heterocycles. The molecular weight excluding hydrogens is 356 g/mol. The summed E-state index contributed by atoms with van der Waals surface area (Å²) in [7, 11) is -3.62. The van der Waals surface area contributed by atoms with Gasteiger partial charge in [0.25, 0.3) is 0 Å². The van der Waals surface area contributed by atoms with E-state index in [2.05, 4.69) is 4.98 Å². The van der Waals surface area contributed by atoms with Crippen LogP contribution in [0.15, 0.2) is 30.6 Å². The summed E-state index contributed by atoms with van der Waals surface area (Å²) < 4.78 is 28.6. The molecule has 0 unspecified atom stereocenters. The van der Waals surface area contributed by atoms with Gasteiger partial charge in [0.15, 0.2) is 0 Å². The van der Waals surface area contributed by atoms with Gasteiger partial charge in [-0.05, 0) is 18.6 Å². The van der Waals surface area contributed by atoms with Crippen LogP contribution in [0, 0.1) is 0 Å². The number of amides is 2. The van der Waals surface area contributed by atoms with Crippen LogP contribution in [0.5, 0.6) is 0 Å². The molecule has 3 rings (SSSR count). The van der Waals surface area contributed by atoms with Crippen molar-refractivity contribution < 1.29 is 18.0 Å². The molecule has 1 aliphatic heterocycles. The van der Waals surface area contributed by atoms with Crippen molar-refractivity contribution in [1.29, 1.82) is 0 Å². The molecule has 0 bridgehead atoms. The Morgan fingerprint density at radius 3 is 2.62 bits per heavy atom. The summed E-state index contributed by atoms with van der Waals surface area (Å²) in [5, 5.41) is 0. The molecule has 2 amide bonds. The molecule has 0 aliphatic carbocycles. The third-order valence-electron chi connectivity index (χ3n) is 4.53. The Hall–Kier alpha value is -2.26. The number of hydrogen-bond donors (Lipinski definition) is 0. The molecule has 3 heterocycles. The topological polar surface area (TPSA) is 92.1 Å². The summed E-state index contributed by atoms with van der Waals surface area (Å²) in [6, 6.07) is 5.57. The molecule has 0 radical (unpaired) electrons. The molecule has 9 heteroatoms. The molecule has 0 aromatic carbocycles. The van der Waals surface area contributed by atoms with E-state index in [9.17, 15) is 18.0 Å². The largest absolute Gasteiger partial charge is 0.303 e. The summed E-state index contributed by atoms with van der Waals surface area (Å²) in [5.41, 5.74) is 1.51. The quantitative estimate of drug-likeness (QED) is 0.671. The Balaban J connectivity index is 1.72. The second kappa shape index (κ2) is 7.55. The highest BCUT2D eigenvalue weighted by molar-refractivity contribution is 7.89. The van der Waals surface area contributed by atoms with E-state index in [1.165, 1.54) is 4.31 Å². The third kappa shape index (κ3) is 3.78. The number of aromatic nitrogens is 2. The minimum Gasteiger partial charge on any atom is -0.303 e. The maximum absolute atomic E-state index is 12.7. The lowest BCUT2D eigenvalue weighted by molar-refractivity contribution is -0.147. The zero-order valence-corrected chi connectivity index (χ0v) is 15.5. The lowest BCUT2D eigenvalue weighted by Crippen LogP contribution is -2.44. The average molecular weight is 378 g/mol. The van der Waals surface area contributed by atoms with Gasteiger partial charge in [-0.1, -0.05) is 13.0 Å². The summed E-state index contributed by atoms with van der Waals surface area (Å²) in [6.07, 6.45) is 4.63. The summed E-state index contributed by atoms with van der Waals surface area (Å²) in [4.78, 5) is 29.0. The van der Waals surface area contributed by atoms with Gasteiger partial charge in [0.2, 0.25) is 21.8 Å². The standard InChI is InChI=1S/C17H22N4O4S/c1-2-19(13-14-12-18-15-6-3-4-9-20(14)15)26(24,25)11-10-21-16(22)7-5-8-17(21)23/h3-4,6,9,12H,2,5,7-8,10-11,13H2,1H3. The summed E-state index contributed by atoms with van der Waals surface area (Å²) in [5.74, 6) is -0.850. The molecule has 140 valence electrons. The smallest absolute Gasteiger partial charge is 0.229 e. The fourth-order valence-corrected chi connectivity index (χ4v) is 4.47. The first kappa shape index (κ1) is 18.5. The van der Waals surface area contributed by atoms with Gasteiger partial charge in [-0.3, -0.25) is 14.5 Å². The lowest BCUT2D eigenvalue weighted by atomic mass is 10.1. The van der Waals surface area contributed by atoms with Crippen LogP contribution in [0.25, 0.3) is 5.65 Å². The molecule has 0 N–H and O–H groups in total. The first-order chi connectivity index (χ1) is 12.4. The Morgan fingerprint density at radius 1 is 1.19 bits per heavy atom. The molecule has 1 aliphatic rings.